The molecule has 14 heteroatoms. The van der Waals surface area contributed by atoms with Gasteiger partial charge in [-0.3, -0.25) is 9.59 Å². The Kier molecular flexibility index (Phi) is 15.8. The van der Waals surface area contributed by atoms with E-state index in [0.717, 1.165) is 44.1 Å². The van der Waals surface area contributed by atoms with Gasteiger partial charge in [0.2, 0.25) is 5.91 Å². The highest BCUT2D eigenvalue weighted by Gasteiger charge is 2.39. The lowest BCUT2D eigenvalue weighted by molar-refractivity contribution is -0.192. The van der Waals surface area contributed by atoms with Gasteiger partial charge in [-0.05, 0) is 69.7 Å². The Morgan fingerprint density at radius 2 is 1.62 bits per heavy atom. The molecule has 50 heavy (non-hydrogen) atoms. The number of aliphatic hydroxyl groups excluding tert-OH is 1. The number of nitrogens with zero attached hydrogens (tertiary/aromatic N) is 2. The molecule has 3 atom stereocenters. The number of alkyl halides is 3. The topological polar surface area (TPSA) is 138 Å². The number of halogens is 3. The van der Waals surface area contributed by atoms with Crippen LogP contribution < -0.4 is 14.8 Å². The Morgan fingerprint density at radius 3 is 2.14 bits per heavy atom. The summed E-state index contributed by atoms with van der Waals surface area (Å²) in [5.74, 6) is -2.13. The van der Waals surface area contributed by atoms with E-state index >= 15 is 0 Å². The Labute approximate surface area is 291 Å². The predicted molar refractivity (Wildman–Crippen MR) is 180 cm³/mol. The van der Waals surface area contributed by atoms with E-state index in [9.17, 15) is 27.9 Å². The standard InChI is InChI=1S/C34H49N3O6.C2HF3O2/c1-24(2)37(33(39)26-11-16-31(42-4)32(21-26)43-20-8-19-41-3)29-13-12-27(35-22-29)17-18-36(28-14-15-28)34(40)30(23-38)25-9-6-5-7-10-25;3-2(4,5)1(6)7/h5-7,9-11,16,21,24,27-30,35,38H,8,12-15,17-20,22-23H2,1-4H3;(H,6,7)/t27-,29-,30?;/m1./s1. The second-order valence-electron chi connectivity index (χ2n) is 12.7. The van der Waals surface area contributed by atoms with Crippen LogP contribution in [-0.2, 0) is 14.3 Å². The molecule has 2 aliphatic rings. The van der Waals surface area contributed by atoms with Crippen molar-refractivity contribution < 1.29 is 52.0 Å². The molecule has 1 heterocycles. The van der Waals surface area contributed by atoms with Gasteiger partial charge >= 0.3 is 12.1 Å². The van der Waals surface area contributed by atoms with Crippen LogP contribution in [0.15, 0.2) is 48.5 Å². The maximum Gasteiger partial charge on any atom is 0.490 e. The first-order valence-electron chi connectivity index (χ1n) is 16.9. The second-order valence-corrected chi connectivity index (χ2v) is 12.7. The fourth-order valence-electron chi connectivity index (χ4n) is 6.03. The first-order valence-corrected chi connectivity index (χ1v) is 16.9. The number of piperidine rings is 1. The summed E-state index contributed by atoms with van der Waals surface area (Å²) < 4.78 is 48.2. The summed E-state index contributed by atoms with van der Waals surface area (Å²) in [6.45, 7) is 6.36. The number of carbonyl (C=O) groups excluding carboxylic acids is 2. The van der Waals surface area contributed by atoms with E-state index in [1.54, 1.807) is 32.4 Å². The number of benzene rings is 2. The minimum atomic E-state index is -5.08. The number of aliphatic carboxylic acids is 1. The monoisotopic (exact) mass is 709 g/mol. The van der Waals surface area contributed by atoms with Crippen molar-refractivity contribution in [3.8, 4) is 11.5 Å². The van der Waals surface area contributed by atoms with Gasteiger partial charge in [-0.1, -0.05) is 30.3 Å². The Bertz CT molecular complexity index is 1370. The van der Waals surface area contributed by atoms with Crippen LogP contribution in [0.2, 0.25) is 0 Å². The molecule has 2 aromatic carbocycles. The van der Waals surface area contributed by atoms with Gasteiger partial charge in [0, 0.05) is 63.0 Å². The number of carbonyl (C=O) groups is 3. The Balaban J connectivity index is 0.000000872. The highest BCUT2D eigenvalue weighted by atomic mass is 19.4. The zero-order chi connectivity index (χ0) is 36.8. The lowest BCUT2D eigenvalue weighted by atomic mass is 9.95. The highest BCUT2D eigenvalue weighted by Crippen LogP contribution is 2.32. The van der Waals surface area contributed by atoms with E-state index in [2.05, 4.69) is 19.2 Å². The first-order chi connectivity index (χ1) is 23.8. The molecule has 2 aromatic rings. The number of methoxy groups -OCH3 is 2. The molecule has 0 radical (unpaired) electrons. The van der Waals surface area contributed by atoms with Gasteiger partial charge < -0.3 is 39.5 Å². The van der Waals surface area contributed by atoms with Crippen LogP contribution in [0.5, 0.6) is 11.5 Å². The first kappa shape index (κ1) is 40.5. The van der Waals surface area contributed by atoms with Gasteiger partial charge in [0.1, 0.15) is 0 Å². The molecule has 0 spiro atoms. The number of hydrogen-bond donors (Lipinski definition) is 3. The van der Waals surface area contributed by atoms with E-state index in [0.29, 0.717) is 43.4 Å². The summed E-state index contributed by atoms with van der Waals surface area (Å²) in [4.78, 5) is 40.1. The Morgan fingerprint density at radius 1 is 0.960 bits per heavy atom. The molecular formula is C36H50F3N3O8. The molecule has 2 amide bonds. The molecule has 2 fully saturated rings. The van der Waals surface area contributed by atoms with E-state index in [-0.39, 0.29) is 42.6 Å². The third kappa shape index (κ3) is 11.9. The normalized spacial score (nSPS) is 18.0. The lowest BCUT2D eigenvalue weighted by Crippen LogP contribution is -2.54. The quantitative estimate of drug-likeness (QED) is 0.209. The molecule has 1 aliphatic carbocycles. The smallest absolute Gasteiger partial charge is 0.490 e. The average Bonchev–Trinajstić information content (AvgIpc) is 3.93. The van der Waals surface area contributed by atoms with Crippen LogP contribution in [-0.4, -0.2) is 115 Å². The number of carboxylic acids is 1. The van der Waals surface area contributed by atoms with Crippen LogP contribution in [0.4, 0.5) is 13.2 Å². The minimum Gasteiger partial charge on any atom is -0.493 e. The van der Waals surface area contributed by atoms with Crippen molar-refractivity contribution in [2.24, 2.45) is 0 Å². The van der Waals surface area contributed by atoms with Crippen molar-refractivity contribution in [1.82, 2.24) is 15.1 Å². The third-order valence-corrected chi connectivity index (χ3v) is 8.75. The van der Waals surface area contributed by atoms with Crippen LogP contribution >= 0.6 is 0 Å². The number of rotatable bonds is 16. The van der Waals surface area contributed by atoms with E-state index < -0.39 is 18.1 Å². The molecule has 4 rings (SSSR count). The van der Waals surface area contributed by atoms with Crippen molar-refractivity contribution in [3.63, 3.8) is 0 Å². The van der Waals surface area contributed by atoms with Gasteiger partial charge in [-0.25, -0.2) is 4.79 Å². The molecular weight excluding hydrogens is 659 g/mol. The zero-order valence-electron chi connectivity index (χ0n) is 29.2. The molecule has 0 bridgehead atoms. The van der Waals surface area contributed by atoms with Gasteiger partial charge in [-0.15, -0.1) is 0 Å². The van der Waals surface area contributed by atoms with Crippen molar-refractivity contribution >= 4 is 17.8 Å². The van der Waals surface area contributed by atoms with Crippen LogP contribution in [0.1, 0.15) is 74.2 Å². The molecule has 1 unspecified atom stereocenters. The third-order valence-electron chi connectivity index (χ3n) is 8.75. The average molecular weight is 710 g/mol. The fraction of sp³-hybridized carbons (Fsp3) is 0.583. The zero-order valence-corrected chi connectivity index (χ0v) is 29.2. The van der Waals surface area contributed by atoms with E-state index in [1.807, 2.05) is 40.1 Å². The molecule has 1 saturated carbocycles. The SMILES string of the molecule is COCCCOc1cc(C(=O)N(C(C)C)[C@@H]2CC[C@H](CCN(C(=O)C(CO)c3ccccc3)C3CC3)NC2)ccc1OC.O=C(O)C(F)(F)F. The van der Waals surface area contributed by atoms with Gasteiger partial charge in [-0.2, -0.15) is 13.2 Å². The maximum atomic E-state index is 13.8. The second kappa shape index (κ2) is 19.5. The number of ether oxygens (including phenoxy) is 3. The highest BCUT2D eigenvalue weighted by molar-refractivity contribution is 5.95. The van der Waals surface area contributed by atoms with Crippen molar-refractivity contribution in [2.75, 3.05) is 47.1 Å². The summed E-state index contributed by atoms with van der Waals surface area (Å²) in [5.41, 5.74) is 1.44. The molecule has 3 N–H and O–H groups in total. The van der Waals surface area contributed by atoms with Gasteiger partial charge in [0.05, 0.1) is 26.2 Å². The number of carboxylic acid groups (broad SMARTS) is 1. The number of nitrogens with one attached hydrogen (secondary N) is 1. The minimum absolute atomic E-state index is 0.0167. The number of aliphatic hydroxyl groups is 1. The summed E-state index contributed by atoms with van der Waals surface area (Å²) >= 11 is 0. The summed E-state index contributed by atoms with van der Waals surface area (Å²) in [6, 6.07) is 15.6. The van der Waals surface area contributed by atoms with Crippen LogP contribution in [0, 0.1) is 0 Å². The van der Waals surface area contributed by atoms with Crippen molar-refractivity contribution in [1.29, 1.82) is 0 Å². The largest absolute Gasteiger partial charge is 0.493 e. The van der Waals surface area contributed by atoms with E-state index in [4.69, 9.17) is 24.1 Å². The molecule has 278 valence electrons. The number of hydrogen-bond acceptors (Lipinski definition) is 8. The van der Waals surface area contributed by atoms with Crippen LogP contribution in [0.3, 0.4) is 0 Å². The van der Waals surface area contributed by atoms with E-state index in [1.165, 1.54) is 0 Å². The predicted octanol–water partition coefficient (Wildman–Crippen LogP) is 4.87. The Hall–Kier alpha value is -3.88. The molecule has 0 aromatic heterocycles. The molecule has 11 nitrogen and oxygen atoms in total. The summed E-state index contributed by atoms with van der Waals surface area (Å²) in [7, 11) is 3.25. The number of amides is 2. The summed E-state index contributed by atoms with van der Waals surface area (Å²) in [5, 5.41) is 20.9. The van der Waals surface area contributed by atoms with Crippen molar-refractivity contribution in [3.05, 3.63) is 59.7 Å². The maximum absolute atomic E-state index is 13.8. The molecule has 1 aliphatic heterocycles. The van der Waals surface area contributed by atoms with Crippen LogP contribution in [0.25, 0.3) is 0 Å². The lowest BCUT2D eigenvalue weighted by Gasteiger charge is -2.40. The van der Waals surface area contributed by atoms with Crippen molar-refractivity contribution in [2.45, 2.75) is 88.6 Å². The molecule has 1 saturated heterocycles. The van der Waals surface area contributed by atoms with Gasteiger partial charge in [0.15, 0.2) is 11.5 Å². The fourth-order valence-corrected chi connectivity index (χ4v) is 6.03. The van der Waals surface area contributed by atoms with Gasteiger partial charge in [0.25, 0.3) is 5.91 Å². The summed E-state index contributed by atoms with van der Waals surface area (Å²) in [6.07, 6.45) is 0.364.